The van der Waals surface area contributed by atoms with Crippen molar-refractivity contribution in [1.29, 1.82) is 0 Å². The topological polar surface area (TPSA) is 61.8 Å². The van der Waals surface area contributed by atoms with Gasteiger partial charge >= 0.3 is 0 Å². The zero-order valence-electron chi connectivity index (χ0n) is 20.6. The van der Waals surface area contributed by atoms with Crippen LogP contribution in [0.3, 0.4) is 0 Å². The van der Waals surface area contributed by atoms with Crippen LogP contribution < -0.4 is 9.47 Å². The second kappa shape index (κ2) is 11.2. The van der Waals surface area contributed by atoms with E-state index in [-0.39, 0.29) is 5.78 Å². The quantitative estimate of drug-likeness (QED) is 0.188. The number of nitrogens with zero attached hydrogens (tertiary/aromatic N) is 1. The molecule has 6 heteroatoms. The molecule has 0 saturated carbocycles. The number of hydrogen-bond acceptors (Lipinski definition) is 5. The normalized spacial score (nSPS) is 14.7. The molecule has 0 bridgehead atoms. The summed E-state index contributed by atoms with van der Waals surface area (Å²) in [6.07, 6.45) is 3.86. The fraction of sp³-hybridized carbons (Fsp3) is 0.300. The van der Waals surface area contributed by atoms with Crippen LogP contribution in [0.15, 0.2) is 72.8 Å². The summed E-state index contributed by atoms with van der Waals surface area (Å²) in [5.74, 6) is 1.22. The first-order valence-electron chi connectivity index (χ1n) is 12.6. The van der Waals surface area contributed by atoms with E-state index in [1.54, 1.807) is 18.2 Å². The van der Waals surface area contributed by atoms with Gasteiger partial charge in [-0.2, -0.15) is 0 Å². The van der Waals surface area contributed by atoms with Gasteiger partial charge in [-0.3, -0.25) is 9.69 Å². The maximum Gasteiger partial charge on any atom is 0.245 e. The molecule has 186 valence electrons. The van der Waals surface area contributed by atoms with Crippen LogP contribution in [-0.2, 0) is 0 Å². The number of carbonyl (C=O) groups excluding carboxylic acids is 1. The number of piperidine rings is 1. The lowest BCUT2D eigenvalue weighted by Crippen LogP contribution is -2.33. The highest BCUT2D eigenvalue weighted by Gasteiger charge is 2.30. The Hall–Kier alpha value is -3.19. The van der Waals surface area contributed by atoms with Crippen molar-refractivity contribution >= 4 is 26.6 Å². The Kier molecular flexibility index (Phi) is 7.66. The minimum Gasteiger partial charge on any atom is -0.590 e. The van der Waals surface area contributed by atoms with Crippen molar-refractivity contribution in [2.75, 3.05) is 32.8 Å². The lowest BCUT2D eigenvalue weighted by atomic mass is 9.98. The molecule has 0 amide bonds. The van der Waals surface area contributed by atoms with Crippen LogP contribution >= 0.6 is 10.8 Å². The molecule has 1 aromatic heterocycles. The molecule has 1 unspecified atom stereocenters. The van der Waals surface area contributed by atoms with Gasteiger partial charge < -0.3 is 14.0 Å². The van der Waals surface area contributed by atoms with Crippen molar-refractivity contribution in [3.63, 3.8) is 0 Å². The lowest BCUT2D eigenvalue weighted by molar-refractivity contribution is 0.104. The molecule has 1 saturated heterocycles. The number of rotatable bonds is 9. The molecule has 36 heavy (non-hydrogen) atoms. The SMILES string of the molecule is CCOc1ccc2c(-c3ccc(OCCN4CCCCC4)cc3)c(C(=O)c3ccccc3)[s+]([O-])c2c1. The maximum absolute atomic E-state index is 13.7. The molecule has 0 N–H and O–H groups in total. The summed E-state index contributed by atoms with van der Waals surface area (Å²) in [6, 6.07) is 22.4. The second-order valence-electron chi connectivity index (χ2n) is 9.03. The largest absolute Gasteiger partial charge is 0.590 e. The number of benzene rings is 3. The molecule has 1 fully saturated rings. The summed E-state index contributed by atoms with van der Waals surface area (Å²) in [5.41, 5.74) is 2.07. The zero-order chi connectivity index (χ0) is 24.9. The fourth-order valence-corrected chi connectivity index (χ4v) is 6.35. The van der Waals surface area contributed by atoms with Crippen LogP contribution in [0, 0.1) is 0 Å². The minimum atomic E-state index is -1.61. The summed E-state index contributed by atoms with van der Waals surface area (Å²) >= 11 is 0. The van der Waals surface area contributed by atoms with Gasteiger partial charge in [0.25, 0.3) is 0 Å². The van der Waals surface area contributed by atoms with Crippen LogP contribution in [0.25, 0.3) is 21.2 Å². The summed E-state index contributed by atoms with van der Waals surface area (Å²) < 4.78 is 25.9. The predicted octanol–water partition coefficient (Wildman–Crippen LogP) is 6.73. The third-order valence-electron chi connectivity index (χ3n) is 6.66. The summed E-state index contributed by atoms with van der Waals surface area (Å²) in [5, 5.41) is 0.801. The maximum atomic E-state index is 13.7. The minimum absolute atomic E-state index is 0.222. The highest BCUT2D eigenvalue weighted by Crippen LogP contribution is 2.46. The van der Waals surface area contributed by atoms with Gasteiger partial charge in [0.2, 0.25) is 10.7 Å². The molecule has 0 radical (unpaired) electrons. The molecule has 0 aliphatic carbocycles. The first-order valence-corrected chi connectivity index (χ1v) is 13.8. The first kappa shape index (κ1) is 24.5. The van der Waals surface area contributed by atoms with Crippen molar-refractivity contribution in [3.8, 4) is 22.6 Å². The van der Waals surface area contributed by atoms with Crippen LogP contribution in [0.5, 0.6) is 11.5 Å². The van der Waals surface area contributed by atoms with Gasteiger partial charge in [-0.25, -0.2) is 0 Å². The van der Waals surface area contributed by atoms with Crippen molar-refractivity contribution in [2.45, 2.75) is 26.2 Å². The number of ketones is 1. The summed E-state index contributed by atoms with van der Waals surface area (Å²) in [4.78, 5) is 16.3. The number of ether oxygens (including phenoxy) is 2. The zero-order valence-corrected chi connectivity index (χ0v) is 21.4. The van der Waals surface area contributed by atoms with Gasteiger partial charge in [-0.1, -0.05) is 48.9 Å². The van der Waals surface area contributed by atoms with E-state index in [4.69, 9.17) is 9.47 Å². The van der Waals surface area contributed by atoms with Gasteiger partial charge in [0.15, 0.2) is 4.70 Å². The Bertz CT molecular complexity index is 1320. The fourth-order valence-electron chi connectivity index (χ4n) is 4.84. The smallest absolute Gasteiger partial charge is 0.245 e. The van der Waals surface area contributed by atoms with E-state index >= 15 is 0 Å². The van der Waals surface area contributed by atoms with E-state index in [1.807, 2.05) is 61.5 Å². The molecule has 3 aromatic carbocycles. The van der Waals surface area contributed by atoms with E-state index in [0.717, 1.165) is 36.3 Å². The monoisotopic (exact) mass is 501 g/mol. The van der Waals surface area contributed by atoms with Crippen LogP contribution in [0.1, 0.15) is 41.4 Å². The third kappa shape index (κ3) is 5.16. The Morgan fingerprint density at radius 1 is 0.917 bits per heavy atom. The standard InChI is InChI=1S/C30H31NO4S/c1-2-34-25-15-16-26-27(21-25)36(33)30(29(32)23-9-5-3-6-10-23)28(26)22-11-13-24(14-12-22)35-20-19-31-17-7-4-8-18-31/h3,5-6,9-16,21H,2,4,7-8,17-20H2,1H3. The Morgan fingerprint density at radius 2 is 1.64 bits per heavy atom. The lowest BCUT2D eigenvalue weighted by Gasteiger charge is -2.26. The molecule has 5 nitrogen and oxygen atoms in total. The highest BCUT2D eigenvalue weighted by molar-refractivity contribution is 7.33. The average Bonchev–Trinajstić information content (AvgIpc) is 3.21. The number of carbonyl (C=O) groups is 1. The molecule has 0 spiro atoms. The third-order valence-corrected chi connectivity index (χ3v) is 8.15. The number of likely N-dealkylation sites (tertiary alicyclic amines) is 1. The molecule has 1 atom stereocenters. The molecule has 1 aliphatic heterocycles. The van der Waals surface area contributed by atoms with Crippen molar-refractivity contribution in [2.24, 2.45) is 0 Å². The van der Waals surface area contributed by atoms with E-state index in [1.165, 1.54) is 19.3 Å². The van der Waals surface area contributed by atoms with E-state index in [0.29, 0.717) is 39.7 Å². The summed E-state index contributed by atoms with van der Waals surface area (Å²) in [6.45, 7) is 6.30. The van der Waals surface area contributed by atoms with Crippen molar-refractivity contribution in [3.05, 3.63) is 83.2 Å². The van der Waals surface area contributed by atoms with Crippen LogP contribution in [-0.4, -0.2) is 48.1 Å². The van der Waals surface area contributed by atoms with Gasteiger partial charge in [-0.05, 0) is 73.4 Å². The van der Waals surface area contributed by atoms with Crippen LogP contribution in [0.2, 0.25) is 0 Å². The van der Waals surface area contributed by atoms with Gasteiger partial charge in [0.05, 0.1) is 12.2 Å². The van der Waals surface area contributed by atoms with E-state index in [9.17, 15) is 9.35 Å². The first-order chi connectivity index (χ1) is 17.7. The Labute approximate surface area is 215 Å². The molecule has 1 aliphatic rings. The van der Waals surface area contributed by atoms with Gasteiger partial charge in [-0.15, -0.1) is 0 Å². The van der Waals surface area contributed by atoms with Crippen LogP contribution in [0.4, 0.5) is 0 Å². The molecule has 5 rings (SSSR count). The molecular weight excluding hydrogens is 470 g/mol. The molecule has 2 heterocycles. The van der Waals surface area contributed by atoms with E-state index < -0.39 is 10.8 Å². The Morgan fingerprint density at radius 3 is 2.36 bits per heavy atom. The molecular formula is C30H31NO4S. The van der Waals surface area contributed by atoms with Crippen molar-refractivity contribution < 1.29 is 18.8 Å². The predicted molar refractivity (Wildman–Crippen MR) is 145 cm³/mol. The van der Waals surface area contributed by atoms with E-state index in [2.05, 4.69) is 4.90 Å². The number of thiophene rings is 1. The second-order valence-corrected chi connectivity index (χ2v) is 10.4. The highest BCUT2D eigenvalue weighted by atomic mass is 32.2. The number of fused-ring (bicyclic) bond motifs is 1. The van der Waals surface area contributed by atoms with Gasteiger partial charge in [0, 0.05) is 23.6 Å². The molecule has 4 aromatic rings. The summed E-state index contributed by atoms with van der Waals surface area (Å²) in [7, 11) is -1.61. The van der Waals surface area contributed by atoms with Gasteiger partial charge in [0.1, 0.15) is 18.1 Å². The Balaban J connectivity index is 1.47. The average molecular weight is 502 g/mol. The van der Waals surface area contributed by atoms with Crippen molar-refractivity contribution in [1.82, 2.24) is 4.90 Å². The number of hydrogen-bond donors (Lipinski definition) is 0.